The number of pyridine rings is 1. The highest BCUT2D eigenvalue weighted by molar-refractivity contribution is 5.78. The molecule has 108 valence electrons. The molecule has 0 aliphatic heterocycles. The van der Waals surface area contributed by atoms with Crippen LogP contribution in [0.2, 0.25) is 0 Å². The maximum atomic E-state index is 12.0. The largest absolute Gasteiger partial charge is 0.322 e. The van der Waals surface area contributed by atoms with E-state index in [0.717, 1.165) is 29.4 Å². The van der Waals surface area contributed by atoms with Gasteiger partial charge >= 0.3 is 0 Å². The van der Waals surface area contributed by atoms with Gasteiger partial charge in [0.1, 0.15) is 0 Å². The molecule has 0 bridgehead atoms. The second-order valence-electron chi connectivity index (χ2n) is 5.08. The Morgan fingerprint density at radius 2 is 2.14 bits per heavy atom. The third kappa shape index (κ3) is 3.03. The van der Waals surface area contributed by atoms with Crippen LogP contribution in [0.25, 0.3) is 10.9 Å². The van der Waals surface area contributed by atoms with Gasteiger partial charge in [0.15, 0.2) is 0 Å². The highest BCUT2D eigenvalue weighted by Gasteiger charge is 2.03. The number of nitrogens with zero attached hydrogens (tertiary/aromatic N) is 2. The summed E-state index contributed by atoms with van der Waals surface area (Å²) in [7, 11) is 1.93. The maximum absolute atomic E-state index is 12.0. The number of hydrogen-bond donors (Lipinski definition) is 2. The molecule has 0 saturated heterocycles. The van der Waals surface area contributed by atoms with E-state index in [2.05, 4.69) is 15.4 Å². The van der Waals surface area contributed by atoms with Gasteiger partial charge in [-0.15, -0.1) is 0 Å². The number of aromatic amines is 1. The SMILES string of the molecule is Cn1nccc1CCNCc1cc2ccccc2[nH]c1=O. The van der Waals surface area contributed by atoms with Gasteiger partial charge in [0, 0.05) is 49.5 Å². The average Bonchev–Trinajstić information content (AvgIpc) is 2.89. The molecule has 1 aromatic carbocycles. The maximum Gasteiger partial charge on any atom is 0.252 e. The van der Waals surface area contributed by atoms with Crippen molar-refractivity contribution >= 4 is 10.9 Å². The van der Waals surface area contributed by atoms with Gasteiger partial charge < -0.3 is 10.3 Å². The molecule has 0 fully saturated rings. The van der Waals surface area contributed by atoms with Crippen molar-refractivity contribution in [3.8, 4) is 0 Å². The Hall–Kier alpha value is -2.40. The van der Waals surface area contributed by atoms with Gasteiger partial charge in [-0.1, -0.05) is 18.2 Å². The van der Waals surface area contributed by atoms with Gasteiger partial charge in [-0.3, -0.25) is 9.48 Å². The van der Waals surface area contributed by atoms with Gasteiger partial charge in [0.25, 0.3) is 5.56 Å². The molecule has 2 N–H and O–H groups in total. The number of H-pyrrole nitrogens is 1. The van der Waals surface area contributed by atoms with E-state index in [4.69, 9.17) is 0 Å². The van der Waals surface area contributed by atoms with Crippen LogP contribution in [0.1, 0.15) is 11.3 Å². The van der Waals surface area contributed by atoms with Crippen molar-refractivity contribution in [2.45, 2.75) is 13.0 Å². The summed E-state index contributed by atoms with van der Waals surface area (Å²) in [5.41, 5.74) is 2.79. The van der Waals surface area contributed by atoms with E-state index in [1.54, 1.807) is 6.20 Å². The van der Waals surface area contributed by atoms with Crippen LogP contribution in [-0.4, -0.2) is 21.3 Å². The van der Waals surface area contributed by atoms with Crippen molar-refractivity contribution in [1.29, 1.82) is 0 Å². The molecule has 0 radical (unpaired) electrons. The van der Waals surface area contributed by atoms with Gasteiger partial charge in [-0.2, -0.15) is 5.10 Å². The van der Waals surface area contributed by atoms with Crippen molar-refractivity contribution in [2.75, 3.05) is 6.54 Å². The highest BCUT2D eigenvalue weighted by Crippen LogP contribution is 2.09. The van der Waals surface area contributed by atoms with Gasteiger partial charge in [-0.05, 0) is 23.6 Å². The fourth-order valence-corrected chi connectivity index (χ4v) is 2.41. The van der Waals surface area contributed by atoms with Gasteiger partial charge in [-0.25, -0.2) is 0 Å². The minimum Gasteiger partial charge on any atom is -0.322 e. The zero-order valence-electron chi connectivity index (χ0n) is 12.0. The average molecular weight is 282 g/mol. The third-order valence-corrected chi connectivity index (χ3v) is 3.63. The highest BCUT2D eigenvalue weighted by atomic mass is 16.1. The lowest BCUT2D eigenvalue weighted by Crippen LogP contribution is -2.23. The second-order valence-corrected chi connectivity index (χ2v) is 5.08. The van der Waals surface area contributed by atoms with Crippen LogP contribution < -0.4 is 10.9 Å². The van der Waals surface area contributed by atoms with Crippen molar-refractivity contribution < 1.29 is 0 Å². The molecule has 21 heavy (non-hydrogen) atoms. The predicted octanol–water partition coefficient (Wildman–Crippen LogP) is 1.59. The molecule has 3 rings (SSSR count). The molecule has 5 heteroatoms. The van der Waals surface area contributed by atoms with Crippen molar-refractivity contribution in [3.63, 3.8) is 0 Å². The summed E-state index contributed by atoms with van der Waals surface area (Å²) >= 11 is 0. The number of nitrogens with one attached hydrogen (secondary N) is 2. The molecule has 2 aromatic heterocycles. The van der Waals surface area contributed by atoms with Crippen LogP contribution in [-0.2, 0) is 20.0 Å². The first-order valence-corrected chi connectivity index (χ1v) is 7.02. The first kappa shape index (κ1) is 13.6. The minimum atomic E-state index is -0.0262. The van der Waals surface area contributed by atoms with E-state index >= 15 is 0 Å². The standard InChI is InChI=1S/C16H18N4O/c1-20-14(7-9-18-20)6-8-17-11-13-10-12-4-2-3-5-15(12)19-16(13)21/h2-5,7,9-10,17H,6,8,11H2,1H3,(H,19,21). The summed E-state index contributed by atoms with van der Waals surface area (Å²) in [6.07, 6.45) is 2.69. The lowest BCUT2D eigenvalue weighted by molar-refractivity contribution is 0.641. The van der Waals surface area contributed by atoms with Crippen molar-refractivity contribution in [2.24, 2.45) is 7.05 Å². The summed E-state index contributed by atoms with van der Waals surface area (Å²) in [6, 6.07) is 11.8. The predicted molar refractivity (Wildman–Crippen MR) is 83.2 cm³/mol. The lowest BCUT2D eigenvalue weighted by atomic mass is 10.1. The monoisotopic (exact) mass is 282 g/mol. The van der Waals surface area contributed by atoms with Crippen LogP contribution in [0.4, 0.5) is 0 Å². The Kier molecular flexibility index (Phi) is 3.83. The molecule has 0 unspecified atom stereocenters. The summed E-state index contributed by atoms with van der Waals surface area (Å²) in [4.78, 5) is 14.9. The fourth-order valence-electron chi connectivity index (χ4n) is 2.41. The topological polar surface area (TPSA) is 62.7 Å². The molecule has 0 aliphatic rings. The number of hydrogen-bond acceptors (Lipinski definition) is 3. The summed E-state index contributed by atoms with van der Waals surface area (Å²) < 4.78 is 1.87. The molecule has 3 aromatic rings. The van der Waals surface area contributed by atoms with Crippen LogP contribution in [0.3, 0.4) is 0 Å². The van der Waals surface area contributed by atoms with Crippen LogP contribution in [0.15, 0.2) is 47.4 Å². The molecular weight excluding hydrogens is 264 g/mol. The van der Waals surface area contributed by atoms with Gasteiger partial charge in [0.05, 0.1) is 0 Å². The van der Waals surface area contributed by atoms with E-state index in [-0.39, 0.29) is 5.56 Å². The number of aryl methyl sites for hydroxylation is 1. The van der Waals surface area contributed by atoms with Crippen LogP contribution in [0.5, 0.6) is 0 Å². The van der Waals surface area contributed by atoms with Gasteiger partial charge in [0.2, 0.25) is 0 Å². The number of aromatic nitrogens is 3. The van der Waals surface area contributed by atoms with E-state index in [0.29, 0.717) is 6.54 Å². The molecular formula is C16H18N4O. The lowest BCUT2D eigenvalue weighted by Gasteiger charge is -2.06. The Morgan fingerprint density at radius 3 is 2.95 bits per heavy atom. The molecule has 0 aliphatic carbocycles. The number of fused-ring (bicyclic) bond motifs is 1. The molecule has 0 spiro atoms. The molecule has 0 atom stereocenters. The number of benzene rings is 1. The third-order valence-electron chi connectivity index (χ3n) is 3.63. The van der Waals surface area contributed by atoms with Crippen LogP contribution >= 0.6 is 0 Å². The van der Waals surface area contributed by atoms with Crippen molar-refractivity contribution in [3.05, 3.63) is 64.2 Å². The van der Waals surface area contributed by atoms with E-state index < -0.39 is 0 Å². The minimum absolute atomic E-state index is 0.0262. The summed E-state index contributed by atoms with van der Waals surface area (Å²) in [5.74, 6) is 0. The zero-order chi connectivity index (χ0) is 14.7. The second kappa shape index (κ2) is 5.93. The normalized spacial score (nSPS) is 11.1. The van der Waals surface area contributed by atoms with E-state index in [1.807, 2.05) is 48.1 Å². The molecule has 2 heterocycles. The van der Waals surface area contributed by atoms with E-state index in [9.17, 15) is 4.79 Å². The zero-order valence-corrected chi connectivity index (χ0v) is 12.0. The summed E-state index contributed by atoms with van der Waals surface area (Å²) in [6.45, 7) is 1.38. The first-order valence-electron chi connectivity index (χ1n) is 7.02. The molecule has 0 saturated carbocycles. The van der Waals surface area contributed by atoms with Crippen molar-refractivity contribution in [1.82, 2.24) is 20.1 Å². The fraction of sp³-hybridized carbons (Fsp3) is 0.250. The van der Waals surface area contributed by atoms with Crippen LogP contribution in [0, 0.1) is 0 Å². The Balaban J connectivity index is 1.64. The Morgan fingerprint density at radius 1 is 1.29 bits per heavy atom. The number of para-hydroxylation sites is 1. The molecule has 5 nitrogen and oxygen atoms in total. The smallest absolute Gasteiger partial charge is 0.252 e. The summed E-state index contributed by atoms with van der Waals surface area (Å²) in [5, 5.41) is 8.50. The Bertz CT molecular complexity index is 803. The molecule has 0 amide bonds. The first-order chi connectivity index (χ1) is 10.2. The van der Waals surface area contributed by atoms with E-state index in [1.165, 1.54) is 5.69 Å². The number of rotatable bonds is 5. The quantitative estimate of drug-likeness (QED) is 0.699. The Labute approximate surface area is 122 Å².